The van der Waals surface area contributed by atoms with Crippen LogP contribution in [0.4, 0.5) is 14.5 Å². The second kappa shape index (κ2) is 4.58. The molecule has 102 valence electrons. The maximum Gasteiger partial charge on any atom is 0.340 e. The van der Waals surface area contributed by atoms with Crippen LogP contribution in [-0.2, 0) is 9.53 Å². The second-order valence-corrected chi connectivity index (χ2v) is 4.41. The smallest absolute Gasteiger partial charge is 0.340 e. The summed E-state index contributed by atoms with van der Waals surface area (Å²) in [5.74, 6) is -3.56. The first-order valence-electron chi connectivity index (χ1n) is 5.55. The standard InChI is InChI=1S/C12H12F2N2O3/c1-19-10(17)6-4-9(8(14)5-7(6)13)16-11(18)12(15)2-3-12/h4-5H,2-3,15H2,1H3,(H,16,18). The SMILES string of the molecule is COC(=O)c1cc(NC(=O)C2(N)CC2)c(F)cc1F. The fourth-order valence-corrected chi connectivity index (χ4v) is 1.52. The van der Waals surface area contributed by atoms with Crippen LogP contribution in [0.25, 0.3) is 0 Å². The maximum absolute atomic E-state index is 13.5. The molecule has 0 aromatic heterocycles. The normalized spacial score (nSPS) is 15.8. The first-order valence-corrected chi connectivity index (χ1v) is 5.55. The van der Waals surface area contributed by atoms with Crippen LogP contribution in [0.5, 0.6) is 0 Å². The number of halogens is 2. The molecule has 1 aromatic carbocycles. The quantitative estimate of drug-likeness (QED) is 0.808. The number of carbonyl (C=O) groups is 2. The summed E-state index contributed by atoms with van der Waals surface area (Å²) >= 11 is 0. The van der Waals surface area contributed by atoms with Gasteiger partial charge in [0.1, 0.15) is 11.6 Å². The molecule has 1 aromatic rings. The van der Waals surface area contributed by atoms with E-state index in [0.29, 0.717) is 18.9 Å². The summed E-state index contributed by atoms with van der Waals surface area (Å²) in [4.78, 5) is 22.9. The predicted molar refractivity (Wildman–Crippen MR) is 62.5 cm³/mol. The Bertz CT molecular complexity index is 556. The van der Waals surface area contributed by atoms with E-state index in [1.54, 1.807) is 0 Å². The highest BCUT2D eigenvalue weighted by atomic mass is 19.1. The third-order valence-corrected chi connectivity index (χ3v) is 2.95. The lowest BCUT2D eigenvalue weighted by Gasteiger charge is -2.12. The zero-order chi connectivity index (χ0) is 14.2. The molecule has 0 unspecified atom stereocenters. The topological polar surface area (TPSA) is 81.4 Å². The molecule has 0 spiro atoms. The molecule has 0 atom stereocenters. The van der Waals surface area contributed by atoms with Crippen molar-refractivity contribution < 1.29 is 23.1 Å². The Hall–Kier alpha value is -2.02. The van der Waals surface area contributed by atoms with Crippen LogP contribution < -0.4 is 11.1 Å². The number of nitrogens with two attached hydrogens (primary N) is 1. The van der Waals surface area contributed by atoms with E-state index in [1.165, 1.54) is 0 Å². The first kappa shape index (κ1) is 13.4. The molecule has 0 radical (unpaired) electrons. The molecule has 0 saturated heterocycles. The number of esters is 1. The molecule has 7 heteroatoms. The van der Waals surface area contributed by atoms with E-state index in [0.717, 1.165) is 13.2 Å². The van der Waals surface area contributed by atoms with Gasteiger partial charge in [-0.1, -0.05) is 0 Å². The average Bonchev–Trinajstić information content (AvgIpc) is 3.11. The number of hydrogen-bond donors (Lipinski definition) is 2. The number of carbonyl (C=O) groups excluding carboxylic acids is 2. The van der Waals surface area contributed by atoms with E-state index in [-0.39, 0.29) is 5.69 Å². The maximum atomic E-state index is 13.5. The number of benzene rings is 1. The van der Waals surface area contributed by atoms with E-state index in [2.05, 4.69) is 10.1 Å². The van der Waals surface area contributed by atoms with Crippen molar-refractivity contribution in [3.8, 4) is 0 Å². The van der Waals surface area contributed by atoms with Crippen molar-refractivity contribution >= 4 is 17.6 Å². The molecular weight excluding hydrogens is 258 g/mol. The lowest BCUT2D eigenvalue weighted by molar-refractivity contribution is -0.118. The van der Waals surface area contributed by atoms with Crippen LogP contribution in [-0.4, -0.2) is 24.5 Å². The lowest BCUT2D eigenvalue weighted by Crippen LogP contribution is -2.38. The molecule has 0 bridgehead atoms. The highest BCUT2D eigenvalue weighted by Gasteiger charge is 2.46. The number of hydrogen-bond acceptors (Lipinski definition) is 4. The monoisotopic (exact) mass is 270 g/mol. The van der Waals surface area contributed by atoms with Gasteiger partial charge in [0.2, 0.25) is 5.91 Å². The fraction of sp³-hybridized carbons (Fsp3) is 0.333. The van der Waals surface area contributed by atoms with Crippen molar-refractivity contribution in [1.82, 2.24) is 0 Å². The molecule has 1 fully saturated rings. The van der Waals surface area contributed by atoms with Crippen LogP contribution in [0.1, 0.15) is 23.2 Å². The molecule has 3 N–H and O–H groups in total. The predicted octanol–water partition coefficient (Wildman–Crippen LogP) is 1.18. The van der Waals surface area contributed by atoms with Gasteiger partial charge in [0, 0.05) is 6.07 Å². The number of nitrogens with one attached hydrogen (secondary N) is 1. The minimum atomic E-state index is -1.06. The van der Waals surface area contributed by atoms with Gasteiger partial charge in [0.15, 0.2) is 0 Å². The highest BCUT2D eigenvalue weighted by molar-refractivity contribution is 6.01. The van der Waals surface area contributed by atoms with Crippen molar-refractivity contribution in [2.24, 2.45) is 5.73 Å². The van der Waals surface area contributed by atoms with Gasteiger partial charge in [-0.15, -0.1) is 0 Å². The second-order valence-electron chi connectivity index (χ2n) is 4.41. The van der Waals surface area contributed by atoms with Gasteiger partial charge >= 0.3 is 5.97 Å². The van der Waals surface area contributed by atoms with Gasteiger partial charge in [0.25, 0.3) is 0 Å². The third kappa shape index (κ3) is 2.55. The summed E-state index contributed by atoms with van der Waals surface area (Å²) in [6, 6.07) is 1.40. The van der Waals surface area contributed by atoms with E-state index in [9.17, 15) is 18.4 Å². The Morgan fingerprint density at radius 1 is 1.32 bits per heavy atom. The Balaban J connectivity index is 2.29. The van der Waals surface area contributed by atoms with Gasteiger partial charge in [-0.3, -0.25) is 4.79 Å². The summed E-state index contributed by atoms with van der Waals surface area (Å²) in [6.45, 7) is 0. The zero-order valence-electron chi connectivity index (χ0n) is 10.1. The van der Waals surface area contributed by atoms with Gasteiger partial charge in [-0.25, -0.2) is 13.6 Å². The van der Waals surface area contributed by atoms with Crippen LogP contribution in [0.3, 0.4) is 0 Å². The molecule has 19 heavy (non-hydrogen) atoms. The van der Waals surface area contributed by atoms with E-state index in [4.69, 9.17) is 5.73 Å². The van der Waals surface area contributed by atoms with E-state index in [1.807, 2.05) is 0 Å². The molecule has 1 saturated carbocycles. The minimum Gasteiger partial charge on any atom is -0.465 e. The lowest BCUT2D eigenvalue weighted by atomic mass is 10.1. The Labute approximate surface area is 107 Å². The molecule has 2 rings (SSSR count). The molecular formula is C12H12F2N2O3. The van der Waals surface area contributed by atoms with Gasteiger partial charge in [-0.2, -0.15) is 0 Å². The minimum absolute atomic E-state index is 0.302. The summed E-state index contributed by atoms with van der Waals surface area (Å²) in [5, 5.41) is 2.25. The Morgan fingerprint density at radius 2 is 1.95 bits per heavy atom. The molecule has 1 aliphatic carbocycles. The third-order valence-electron chi connectivity index (χ3n) is 2.95. The fourth-order valence-electron chi connectivity index (χ4n) is 1.52. The van der Waals surface area contributed by atoms with Crippen molar-refractivity contribution in [3.05, 3.63) is 29.3 Å². The number of methoxy groups -OCH3 is 1. The number of rotatable bonds is 3. The van der Waals surface area contributed by atoms with Gasteiger partial charge in [0.05, 0.1) is 23.9 Å². The van der Waals surface area contributed by atoms with Crippen LogP contribution in [0.15, 0.2) is 12.1 Å². The summed E-state index contributed by atoms with van der Waals surface area (Å²) in [5.41, 5.74) is 3.89. The van der Waals surface area contributed by atoms with Crippen molar-refractivity contribution in [2.75, 3.05) is 12.4 Å². The average molecular weight is 270 g/mol. The van der Waals surface area contributed by atoms with Crippen LogP contribution in [0, 0.1) is 11.6 Å². The number of amides is 1. The van der Waals surface area contributed by atoms with Crippen LogP contribution >= 0.6 is 0 Å². The van der Waals surface area contributed by atoms with Crippen molar-refractivity contribution in [2.45, 2.75) is 18.4 Å². The van der Waals surface area contributed by atoms with E-state index >= 15 is 0 Å². The largest absolute Gasteiger partial charge is 0.465 e. The first-order chi connectivity index (χ1) is 8.87. The van der Waals surface area contributed by atoms with Crippen molar-refractivity contribution in [1.29, 1.82) is 0 Å². The number of anilines is 1. The summed E-state index contributed by atoms with van der Waals surface area (Å²) in [7, 11) is 1.07. The van der Waals surface area contributed by atoms with Crippen LogP contribution in [0.2, 0.25) is 0 Å². The molecule has 0 heterocycles. The molecule has 0 aliphatic heterocycles. The molecule has 1 amide bonds. The zero-order valence-corrected chi connectivity index (χ0v) is 10.1. The summed E-state index contributed by atoms with van der Waals surface area (Å²) in [6.07, 6.45) is 1.01. The highest BCUT2D eigenvalue weighted by Crippen LogP contribution is 2.33. The number of ether oxygens (including phenoxy) is 1. The molecule has 5 nitrogen and oxygen atoms in total. The molecule has 1 aliphatic rings. The Morgan fingerprint density at radius 3 is 2.47 bits per heavy atom. The summed E-state index contributed by atoms with van der Waals surface area (Å²) < 4.78 is 31.3. The van der Waals surface area contributed by atoms with Gasteiger partial charge in [-0.05, 0) is 18.9 Å². The van der Waals surface area contributed by atoms with Gasteiger partial charge < -0.3 is 15.8 Å². The van der Waals surface area contributed by atoms with E-state index < -0.39 is 34.6 Å². The Kier molecular flexibility index (Phi) is 3.23. The van der Waals surface area contributed by atoms with Crippen molar-refractivity contribution in [3.63, 3.8) is 0 Å².